The third-order valence-corrected chi connectivity index (χ3v) is 13.1. The van der Waals surface area contributed by atoms with Gasteiger partial charge in [-0.3, -0.25) is 43.8 Å². The number of hydrogen-bond acceptors (Lipinski definition) is 13. The van der Waals surface area contributed by atoms with E-state index in [1.165, 1.54) is 15.4 Å². The summed E-state index contributed by atoms with van der Waals surface area (Å²) in [5.41, 5.74) is 8.96. The molecular weight excluding hydrogens is 972 g/mol. The van der Waals surface area contributed by atoms with Crippen LogP contribution < -0.4 is 19.8 Å². The Bertz CT molecular complexity index is 3250. The highest BCUT2D eigenvalue weighted by Crippen LogP contribution is 2.40. The average molecular weight is 1040 g/mol. The van der Waals surface area contributed by atoms with E-state index in [-0.39, 0.29) is 61.2 Å². The number of likely N-dealkylation sites (N-methyl/N-ethyl adjacent to an activating group) is 2. The highest BCUT2D eigenvalue weighted by molar-refractivity contribution is 6.23. The molecule has 4 aliphatic heterocycles. The van der Waals surface area contributed by atoms with E-state index < -0.39 is 0 Å². The zero-order valence-corrected chi connectivity index (χ0v) is 43.3. The van der Waals surface area contributed by atoms with E-state index in [9.17, 15) is 24.0 Å². The number of rotatable bonds is 17. The minimum atomic E-state index is -0.306. The van der Waals surface area contributed by atoms with Gasteiger partial charge in [0.05, 0.1) is 64.4 Å². The van der Waals surface area contributed by atoms with E-state index in [0.29, 0.717) is 113 Å². The number of aromatic nitrogens is 2. The first-order valence-electron chi connectivity index (χ1n) is 24.3. The highest BCUT2D eigenvalue weighted by Gasteiger charge is 2.39. The minimum absolute atomic E-state index is 0. The number of carbonyl (C=O) groups is 4. The van der Waals surface area contributed by atoms with Gasteiger partial charge in [0.25, 0.3) is 29.2 Å². The SMILES string of the molecule is C.CC(Cc1ccccc1)Oc1cc[nH]c(=O)c1C1=Nc2cc3c(cc2C1)C(=O)N(CCN(C)C)C3=O.COc1nccc(OC(C)Cc2ccccc2)c1C1=Nc2cc3c(cc2C1)C(=O)N(CCN(C)C)C3=O.Cl. The van der Waals surface area contributed by atoms with Crippen molar-refractivity contribution >= 4 is 58.8 Å². The Balaban J connectivity index is 0.000000213. The largest absolute Gasteiger partial charge is 0.489 e. The lowest BCUT2D eigenvalue weighted by Gasteiger charge is -2.19. The van der Waals surface area contributed by atoms with Crippen LogP contribution in [0.2, 0.25) is 0 Å². The molecule has 4 aliphatic rings. The van der Waals surface area contributed by atoms with E-state index in [2.05, 4.69) is 22.1 Å². The van der Waals surface area contributed by atoms with Gasteiger partial charge in [-0.15, -0.1) is 12.4 Å². The third-order valence-electron chi connectivity index (χ3n) is 13.1. The van der Waals surface area contributed by atoms with Crippen LogP contribution in [0.25, 0.3) is 0 Å². The van der Waals surface area contributed by atoms with Crippen LogP contribution in [0, 0.1) is 0 Å². The molecule has 0 radical (unpaired) electrons. The molecule has 1 N–H and O–H groups in total. The fraction of sp³-hybridized carbons (Fsp3) is 0.310. The molecule has 0 saturated heterocycles. The predicted octanol–water partition coefficient (Wildman–Crippen LogP) is 8.21. The van der Waals surface area contributed by atoms with Crippen molar-refractivity contribution in [2.45, 2.75) is 59.2 Å². The molecule has 4 aromatic carbocycles. The lowest BCUT2D eigenvalue weighted by atomic mass is 10.00. The van der Waals surface area contributed by atoms with E-state index in [1.807, 2.05) is 106 Å². The number of aromatic amines is 1. The number of nitrogens with zero attached hydrogens (tertiary/aromatic N) is 7. The zero-order chi connectivity index (χ0) is 51.5. The lowest BCUT2D eigenvalue weighted by Crippen LogP contribution is -2.35. The molecule has 0 aliphatic carbocycles. The van der Waals surface area contributed by atoms with Crippen molar-refractivity contribution in [1.82, 2.24) is 29.6 Å². The topological polar surface area (TPSA) is 179 Å². The van der Waals surface area contributed by atoms with Gasteiger partial charge in [0, 0.05) is 64.3 Å². The first-order valence-corrected chi connectivity index (χ1v) is 24.3. The summed E-state index contributed by atoms with van der Waals surface area (Å²) in [6, 6.07) is 30.7. The number of amides is 4. The molecule has 16 nitrogen and oxygen atoms in total. The van der Waals surface area contributed by atoms with Gasteiger partial charge in [-0.1, -0.05) is 68.1 Å². The number of nitrogens with one attached hydrogen (secondary N) is 1. The number of pyridine rings is 2. The Hall–Kier alpha value is -7.79. The molecule has 4 amide bonds. The zero-order valence-electron chi connectivity index (χ0n) is 42.5. The normalized spacial score (nSPS) is 14.7. The number of carbonyl (C=O) groups excluding carboxylic acids is 4. The summed E-state index contributed by atoms with van der Waals surface area (Å²) in [4.78, 5) is 87.8. The number of benzene rings is 4. The lowest BCUT2D eigenvalue weighted by molar-refractivity contribution is 0.0629. The van der Waals surface area contributed by atoms with Gasteiger partial charge >= 0.3 is 0 Å². The summed E-state index contributed by atoms with van der Waals surface area (Å²) >= 11 is 0. The second kappa shape index (κ2) is 23.6. The van der Waals surface area contributed by atoms with E-state index in [4.69, 9.17) is 24.2 Å². The van der Waals surface area contributed by atoms with Crippen LogP contribution in [0.4, 0.5) is 11.4 Å². The van der Waals surface area contributed by atoms with Gasteiger partial charge in [0.1, 0.15) is 22.6 Å². The van der Waals surface area contributed by atoms with E-state index in [1.54, 1.807) is 49.8 Å². The van der Waals surface area contributed by atoms with Gasteiger partial charge in [-0.2, -0.15) is 0 Å². The van der Waals surface area contributed by atoms with Crippen molar-refractivity contribution < 1.29 is 33.4 Å². The summed E-state index contributed by atoms with van der Waals surface area (Å²) in [5, 5.41) is 0. The number of hydrogen-bond donors (Lipinski definition) is 1. The molecule has 10 rings (SSSR count). The highest BCUT2D eigenvalue weighted by atomic mass is 35.5. The van der Waals surface area contributed by atoms with Gasteiger partial charge < -0.3 is 29.0 Å². The summed E-state index contributed by atoms with van der Waals surface area (Å²) in [6.07, 6.45) is 5.26. The summed E-state index contributed by atoms with van der Waals surface area (Å²) in [5.74, 6) is 0.399. The maximum atomic E-state index is 13.0. The van der Waals surface area contributed by atoms with Crippen LogP contribution in [0.3, 0.4) is 0 Å². The van der Waals surface area contributed by atoms with Crippen LogP contribution in [-0.2, 0) is 25.7 Å². The van der Waals surface area contributed by atoms with Crippen LogP contribution in [0.1, 0.15) is 96.1 Å². The number of imide groups is 2. The van der Waals surface area contributed by atoms with E-state index >= 15 is 0 Å². The van der Waals surface area contributed by atoms with Crippen molar-refractivity contribution in [3.05, 3.63) is 175 Å². The first-order chi connectivity index (χ1) is 35.2. The number of methoxy groups -OCH3 is 1. The van der Waals surface area contributed by atoms with Crippen molar-refractivity contribution in [2.24, 2.45) is 9.98 Å². The predicted molar refractivity (Wildman–Crippen MR) is 293 cm³/mol. The molecule has 6 aromatic rings. The van der Waals surface area contributed by atoms with Gasteiger partial charge in [-0.25, -0.2) is 4.98 Å². The minimum Gasteiger partial charge on any atom is -0.489 e. The Morgan fingerprint density at radius 3 is 1.47 bits per heavy atom. The van der Waals surface area contributed by atoms with Crippen LogP contribution in [-0.4, -0.2) is 138 Å². The molecule has 2 aromatic heterocycles. The van der Waals surface area contributed by atoms with Crippen LogP contribution >= 0.6 is 12.4 Å². The molecule has 0 bridgehead atoms. The second-order valence-corrected chi connectivity index (χ2v) is 19.1. The summed E-state index contributed by atoms with van der Waals surface area (Å²) in [7, 11) is 9.19. The van der Waals surface area contributed by atoms with Crippen molar-refractivity contribution in [3.63, 3.8) is 0 Å². The molecular formula is C58H63ClN8O8. The Morgan fingerprint density at radius 1 is 0.600 bits per heavy atom. The summed E-state index contributed by atoms with van der Waals surface area (Å²) < 4.78 is 18.1. The van der Waals surface area contributed by atoms with E-state index in [0.717, 1.165) is 28.8 Å². The molecule has 17 heteroatoms. The first kappa shape index (κ1) is 55.0. The van der Waals surface area contributed by atoms with Crippen molar-refractivity contribution in [1.29, 1.82) is 0 Å². The molecule has 0 spiro atoms. The van der Waals surface area contributed by atoms with Crippen molar-refractivity contribution in [2.75, 3.05) is 61.5 Å². The molecule has 2 atom stereocenters. The maximum Gasteiger partial charge on any atom is 0.261 e. The second-order valence-electron chi connectivity index (χ2n) is 19.1. The molecule has 6 heterocycles. The van der Waals surface area contributed by atoms with Gasteiger partial charge in [0.15, 0.2) is 0 Å². The number of aliphatic imine (C=N–C) groups is 2. The number of fused-ring (bicyclic) bond motifs is 4. The number of halogens is 1. The monoisotopic (exact) mass is 1030 g/mol. The Kier molecular flexibility index (Phi) is 17.3. The number of ether oxygens (including phenoxy) is 3. The third kappa shape index (κ3) is 11.8. The quantitative estimate of drug-likeness (QED) is 0.0871. The molecule has 2 unspecified atom stereocenters. The Morgan fingerprint density at radius 2 is 1.03 bits per heavy atom. The fourth-order valence-electron chi connectivity index (χ4n) is 9.44. The molecule has 390 valence electrons. The maximum absolute atomic E-state index is 13.0. The van der Waals surface area contributed by atoms with Crippen molar-refractivity contribution in [3.8, 4) is 17.4 Å². The van der Waals surface area contributed by atoms with Crippen LogP contribution in [0.15, 0.2) is 124 Å². The van der Waals surface area contributed by atoms with Gasteiger partial charge in [-0.05, 0) is 101 Å². The van der Waals surface area contributed by atoms with Crippen LogP contribution in [0.5, 0.6) is 17.4 Å². The molecule has 0 saturated carbocycles. The van der Waals surface area contributed by atoms with Gasteiger partial charge in [0.2, 0.25) is 5.88 Å². The molecule has 0 fully saturated rings. The molecule has 75 heavy (non-hydrogen) atoms. The average Bonchev–Trinajstić information content (AvgIpc) is 4.10. The standard InChI is InChI=1S/C29H30N4O4.C28H28N4O4.CH4.ClH/c1-18(14-19-8-6-5-7-9-19)37-25-10-11-30-27(36-4)26(25)24-16-20-15-21-22(17-23(20)31-24)29(35)33(28(21)34)13-12-32(2)3;1-17(13-18-7-5-4-6-8-18)36-24-9-10-29-26(33)25(24)23-15-19-14-20-21(16-22(19)30-23)28(35)32(27(20)34)12-11-31(2)3;;/h5-11,15,17-18H,12-14,16H2,1-4H3;4-10,14,16-17H,11-13,15H2,1-3H3,(H,29,33);1H4;1H. The fourth-order valence-corrected chi connectivity index (χ4v) is 9.44. The Labute approximate surface area is 443 Å². The summed E-state index contributed by atoms with van der Waals surface area (Å²) in [6.45, 7) is 5.88. The number of H-pyrrole nitrogens is 1. The smallest absolute Gasteiger partial charge is 0.261 e.